The molecule has 2 aromatic carbocycles. The zero-order chi connectivity index (χ0) is 13.9. The summed E-state index contributed by atoms with van der Waals surface area (Å²) >= 11 is 5.94. The third-order valence-corrected chi connectivity index (χ3v) is 3.63. The summed E-state index contributed by atoms with van der Waals surface area (Å²) in [5.41, 5.74) is 4.96. The van der Waals surface area contributed by atoms with Crippen molar-refractivity contribution in [1.29, 1.82) is 0 Å². The first-order valence-electron chi connectivity index (χ1n) is 6.34. The van der Waals surface area contributed by atoms with Crippen molar-refractivity contribution in [3.05, 3.63) is 77.1 Å². The second-order valence-corrected chi connectivity index (χ2v) is 5.04. The Balaban J connectivity index is 2.14. The van der Waals surface area contributed by atoms with Gasteiger partial charge >= 0.3 is 0 Å². The van der Waals surface area contributed by atoms with Crippen LogP contribution in [0.3, 0.4) is 0 Å². The minimum atomic E-state index is -0.120. The molecule has 0 aliphatic carbocycles. The number of hydrogen-bond acceptors (Lipinski definition) is 3. The SMILES string of the molecule is NNC(c1ccc(Cl)cc1)c1cncc2ccccc12. The summed E-state index contributed by atoms with van der Waals surface area (Å²) in [6, 6.07) is 15.7. The van der Waals surface area contributed by atoms with Crippen molar-refractivity contribution in [3.8, 4) is 0 Å². The fourth-order valence-corrected chi connectivity index (χ4v) is 2.52. The van der Waals surface area contributed by atoms with Crippen LogP contribution >= 0.6 is 11.6 Å². The van der Waals surface area contributed by atoms with Gasteiger partial charge < -0.3 is 0 Å². The van der Waals surface area contributed by atoms with E-state index < -0.39 is 0 Å². The minimum Gasteiger partial charge on any atom is -0.271 e. The molecule has 3 rings (SSSR count). The molecule has 0 saturated heterocycles. The molecule has 20 heavy (non-hydrogen) atoms. The second kappa shape index (κ2) is 5.59. The third kappa shape index (κ3) is 2.39. The highest BCUT2D eigenvalue weighted by Gasteiger charge is 2.15. The highest BCUT2D eigenvalue weighted by atomic mass is 35.5. The van der Waals surface area contributed by atoms with Crippen LogP contribution in [-0.4, -0.2) is 4.98 Å². The molecule has 4 heteroatoms. The molecule has 0 amide bonds. The summed E-state index contributed by atoms with van der Waals surface area (Å²) in [5.74, 6) is 5.76. The quantitative estimate of drug-likeness (QED) is 0.572. The summed E-state index contributed by atoms with van der Waals surface area (Å²) in [6.45, 7) is 0. The number of benzene rings is 2. The highest BCUT2D eigenvalue weighted by molar-refractivity contribution is 6.30. The van der Waals surface area contributed by atoms with Crippen LogP contribution in [-0.2, 0) is 0 Å². The molecule has 3 aromatic rings. The van der Waals surface area contributed by atoms with E-state index in [0.717, 1.165) is 21.9 Å². The van der Waals surface area contributed by atoms with Gasteiger partial charge in [0.2, 0.25) is 0 Å². The lowest BCUT2D eigenvalue weighted by atomic mass is 9.96. The Bertz CT molecular complexity index is 720. The summed E-state index contributed by atoms with van der Waals surface area (Å²) in [6.07, 6.45) is 3.70. The molecule has 3 N–H and O–H groups in total. The molecule has 3 nitrogen and oxygen atoms in total. The molecule has 0 spiro atoms. The van der Waals surface area contributed by atoms with Gasteiger partial charge in [-0.1, -0.05) is 48.0 Å². The van der Waals surface area contributed by atoms with E-state index in [4.69, 9.17) is 17.4 Å². The lowest BCUT2D eigenvalue weighted by Gasteiger charge is -2.18. The van der Waals surface area contributed by atoms with Crippen LogP contribution < -0.4 is 11.3 Å². The Morgan fingerprint density at radius 2 is 1.75 bits per heavy atom. The summed E-state index contributed by atoms with van der Waals surface area (Å²) in [7, 11) is 0. The first-order valence-corrected chi connectivity index (χ1v) is 6.71. The average molecular weight is 284 g/mol. The number of nitrogens with two attached hydrogens (primary N) is 1. The molecule has 0 radical (unpaired) electrons. The molecule has 1 aromatic heterocycles. The Labute approximate surface area is 122 Å². The Hall–Kier alpha value is -1.94. The molecule has 0 fully saturated rings. The van der Waals surface area contributed by atoms with Gasteiger partial charge in [0.15, 0.2) is 0 Å². The van der Waals surface area contributed by atoms with Gasteiger partial charge in [0.05, 0.1) is 6.04 Å². The van der Waals surface area contributed by atoms with E-state index in [1.807, 2.05) is 54.9 Å². The van der Waals surface area contributed by atoms with Crippen LogP contribution in [0.2, 0.25) is 5.02 Å². The van der Waals surface area contributed by atoms with E-state index >= 15 is 0 Å². The molecule has 1 unspecified atom stereocenters. The van der Waals surface area contributed by atoms with Crippen molar-refractivity contribution >= 4 is 22.4 Å². The van der Waals surface area contributed by atoms with Crippen molar-refractivity contribution in [3.63, 3.8) is 0 Å². The number of hydrogen-bond donors (Lipinski definition) is 2. The van der Waals surface area contributed by atoms with Crippen LogP contribution in [0.15, 0.2) is 60.9 Å². The highest BCUT2D eigenvalue weighted by Crippen LogP contribution is 2.28. The largest absolute Gasteiger partial charge is 0.271 e. The topological polar surface area (TPSA) is 50.9 Å². The average Bonchev–Trinajstić information content (AvgIpc) is 2.50. The Morgan fingerprint density at radius 1 is 1.00 bits per heavy atom. The number of pyridine rings is 1. The number of fused-ring (bicyclic) bond motifs is 1. The van der Waals surface area contributed by atoms with E-state index in [9.17, 15) is 0 Å². The maximum atomic E-state index is 5.94. The van der Waals surface area contributed by atoms with E-state index in [-0.39, 0.29) is 6.04 Å². The normalized spacial score (nSPS) is 12.5. The fraction of sp³-hybridized carbons (Fsp3) is 0.0625. The van der Waals surface area contributed by atoms with Gasteiger partial charge in [-0.25, -0.2) is 5.43 Å². The third-order valence-electron chi connectivity index (χ3n) is 3.38. The molecule has 0 bridgehead atoms. The summed E-state index contributed by atoms with van der Waals surface area (Å²) in [4.78, 5) is 4.30. The lowest BCUT2D eigenvalue weighted by Crippen LogP contribution is -2.29. The number of nitrogens with one attached hydrogen (secondary N) is 1. The number of hydrazine groups is 1. The second-order valence-electron chi connectivity index (χ2n) is 4.60. The molecule has 0 aliphatic rings. The molecular formula is C16H14ClN3. The van der Waals surface area contributed by atoms with Crippen LogP contribution in [0.5, 0.6) is 0 Å². The van der Waals surface area contributed by atoms with Crippen molar-refractivity contribution < 1.29 is 0 Å². The fourth-order valence-electron chi connectivity index (χ4n) is 2.39. The maximum Gasteiger partial charge on any atom is 0.0731 e. The standard InChI is InChI=1S/C16H14ClN3/c17-13-7-5-11(6-8-13)16(20-18)15-10-19-9-12-3-1-2-4-14(12)15/h1-10,16,20H,18H2. The van der Waals surface area contributed by atoms with Crippen molar-refractivity contribution in [1.82, 2.24) is 10.4 Å². The number of rotatable bonds is 3. The first-order chi connectivity index (χ1) is 9.79. The van der Waals surface area contributed by atoms with E-state index in [1.165, 1.54) is 0 Å². The van der Waals surface area contributed by atoms with Gasteiger partial charge in [0.1, 0.15) is 0 Å². The van der Waals surface area contributed by atoms with Gasteiger partial charge in [0, 0.05) is 28.4 Å². The van der Waals surface area contributed by atoms with Crippen LogP contribution in [0.4, 0.5) is 0 Å². The monoisotopic (exact) mass is 283 g/mol. The van der Waals surface area contributed by atoms with E-state index in [0.29, 0.717) is 5.02 Å². The molecule has 100 valence electrons. The van der Waals surface area contributed by atoms with Gasteiger partial charge in [-0.2, -0.15) is 0 Å². The molecule has 1 heterocycles. The zero-order valence-electron chi connectivity index (χ0n) is 10.8. The van der Waals surface area contributed by atoms with Gasteiger partial charge in [-0.05, 0) is 23.1 Å². The van der Waals surface area contributed by atoms with Gasteiger partial charge in [-0.3, -0.25) is 10.8 Å². The van der Waals surface area contributed by atoms with Crippen LogP contribution in [0.25, 0.3) is 10.8 Å². The first kappa shape index (κ1) is 13.1. The van der Waals surface area contributed by atoms with Crippen LogP contribution in [0, 0.1) is 0 Å². The molecule has 0 saturated carbocycles. The summed E-state index contributed by atoms with van der Waals surface area (Å²) < 4.78 is 0. The van der Waals surface area contributed by atoms with Crippen molar-refractivity contribution in [2.45, 2.75) is 6.04 Å². The van der Waals surface area contributed by atoms with Crippen molar-refractivity contribution in [2.24, 2.45) is 5.84 Å². The minimum absolute atomic E-state index is 0.120. The zero-order valence-corrected chi connectivity index (χ0v) is 11.5. The lowest BCUT2D eigenvalue weighted by molar-refractivity contribution is 0.639. The van der Waals surface area contributed by atoms with Gasteiger partial charge in [0.25, 0.3) is 0 Å². The van der Waals surface area contributed by atoms with E-state index in [2.05, 4.69) is 16.5 Å². The summed E-state index contributed by atoms with van der Waals surface area (Å²) in [5, 5.41) is 2.94. The maximum absolute atomic E-state index is 5.94. The molecular weight excluding hydrogens is 270 g/mol. The van der Waals surface area contributed by atoms with Gasteiger partial charge in [-0.15, -0.1) is 0 Å². The predicted molar refractivity (Wildman–Crippen MR) is 82.4 cm³/mol. The predicted octanol–water partition coefficient (Wildman–Crippen LogP) is 3.44. The Morgan fingerprint density at radius 3 is 2.50 bits per heavy atom. The van der Waals surface area contributed by atoms with E-state index in [1.54, 1.807) is 0 Å². The number of halogens is 1. The smallest absolute Gasteiger partial charge is 0.0731 e. The number of aromatic nitrogens is 1. The molecule has 1 atom stereocenters. The molecule has 0 aliphatic heterocycles. The van der Waals surface area contributed by atoms with Crippen LogP contribution in [0.1, 0.15) is 17.2 Å². The van der Waals surface area contributed by atoms with Crippen molar-refractivity contribution in [2.75, 3.05) is 0 Å². The number of nitrogens with zero attached hydrogens (tertiary/aromatic N) is 1. The Kier molecular flexibility index (Phi) is 3.65.